The van der Waals surface area contributed by atoms with E-state index in [0.717, 1.165) is 35.6 Å². The van der Waals surface area contributed by atoms with E-state index in [1.54, 1.807) is 54.5 Å². The fraction of sp³-hybridized carbons (Fsp3) is 0.588. The highest BCUT2D eigenvalue weighted by atomic mass is 79.9. The maximum Gasteiger partial charge on any atom is 0.355 e. The van der Waals surface area contributed by atoms with Crippen LogP contribution in [0.1, 0.15) is 139 Å². The van der Waals surface area contributed by atoms with E-state index < -0.39 is 35.1 Å². The summed E-state index contributed by atoms with van der Waals surface area (Å²) < 4.78 is 21.0. The van der Waals surface area contributed by atoms with Gasteiger partial charge in [-0.25, -0.2) is 19.2 Å². The lowest BCUT2D eigenvalue weighted by Gasteiger charge is -2.19. The minimum atomic E-state index is -0.606. The topological polar surface area (TPSA) is 137 Å². The van der Waals surface area contributed by atoms with Crippen molar-refractivity contribution in [2.24, 2.45) is 0 Å². The number of esters is 4. The third-order valence-corrected chi connectivity index (χ3v) is 7.16. The molecule has 0 bridgehead atoms. The maximum atomic E-state index is 12.3. The van der Waals surface area contributed by atoms with Crippen LogP contribution in [-0.2, 0) is 25.4 Å². The van der Waals surface area contributed by atoms with E-state index >= 15 is 0 Å². The summed E-state index contributed by atoms with van der Waals surface area (Å²) in [5.74, 6) is -1.78. The molecule has 0 atom stereocenters. The van der Waals surface area contributed by atoms with Crippen LogP contribution in [0.15, 0.2) is 6.08 Å². The van der Waals surface area contributed by atoms with Crippen molar-refractivity contribution < 1.29 is 38.1 Å². The van der Waals surface area contributed by atoms with Gasteiger partial charge in [-0.05, 0) is 112 Å². The number of hydrogen-bond donors (Lipinski definition) is 2. The number of carbonyl (C=O) groups excluding carboxylic acids is 4. The molecule has 0 aliphatic heterocycles. The summed E-state index contributed by atoms with van der Waals surface area (Å²) in [4.78, 5) is 55.2. The van der Waals surface area contributed by atoms with Crippen molar-refractivity contribution in [3.8, 4) is 0 Å². The molecule has 10 nitrogen and oxygen atoms in total. The van der Waals surface area contributed by atoms with Crippen LogP contribution in [0.3, 0.4) is 0 Å². The van der Waals surface area contributed by atoms with Crippen LogP contribution >= 0.6 is 31.9 Å². The third-order valence-electron chi connectivity index (χ3n) is 6.14. The molecule has 46 heavy (non-hydrogen) atoms. The van der Waals surface area contributed by atoms with Crippen molar-refractivity contribution in [3.63, 3.8) is 0 Å². The smallest absolute Gasteiger partial charge is 0.355 e. The lowest BCUT2D eigenvalue weighted by molar-refractivity contribution is 0.00501. The highest BCUT2D eigenvalue weighted by Gasteiger charge is 2.28. The van der Waals surface area contributed by atoms with Crippen molar-refractivity contribution in [2.45, 2.75) is 106 Å². The number of halogens is 2. The first-order valence-corrected chi connectivity index (χ1v) is 17.7. The van der Waals surface area contributed by atoms with Gasteiger partial charge in [-0.2, -0.15) is 0 Å². The summed E-state index contributed by atoms with van der Waals surface area (Å²) in [6.07, 6.45) is 7.09. The fourth-order valence-electron chi connectivity index (χ4n) is 4.26. The molecule has 0 fully saturated rings. The molecule has 2 rings (SSSR count). The number of hydrogen-bond acceptors (Lipinski definition) is 8. The standard InChI is InChI=1S/C17H26BrNO4.C17H24BrNO4/c2*1-6-22-15(20)13-11(2)14(16(21)23-17(3,4)5)19-12(13)9-7-8-10-18/h19H,6-10H2,1-5H3;7,9,19H,6,8,10H2,1-5H3. The molecule has 0 saturated carbocycles. The Morgan fingerprint density at radius 1 is 0.696 bits per heavy atom. The minimum Gasteiger partial charge on any atom is -0.462 e. The normalized spacial score (nSPS) is 11.6. The molecule has 2 aromatic rings. The lowest BCUT2D eigenvalue weighted by atomic mass is 10.1. The molecule has 2 aromatic heterocycles. The van der Waals surface area contributed by atoms with E-state index in [9.17, 15) is 19.2 Å². The number of H-pyrrole nitrogens is 2. The monoisotopic (exact) mass is 772 g/mol. The predicted molar refractivity (Wildman–Crippen MR) is 187 cm³/mol. The first-order chi connectivity index (χ1) is 21.4. The average Bonchev–Trinajstić information content (AvgIpc) is 3.44. The number of alkyl halides is 2. The number of allylic oxidation sites excluding steroid dienone is 1. The number of nitrogens with one attached hydrogen (secondary N) is 2. The van der Waals surface area contributed by atoms with Gasteiger partial charge in [0.2, 0.25) is 0 Å². The molecule has 0 aromatic carbocycles. The van der Waals surface area contributed by atoms with Gasteiger partial charge in [0.05, 0.1) is 30.0 Å². The van der Waals surface area contributed by atoms with Crippen LogP contribution in [0.4, 0.5) is 0 Å². The molecule has 0 saturated heterocycles. The van der Waals surface area contributed by atoms with E-state index in [2.05, 4.69) is 41.8 Å². The zero-order valence-electron chi connectivity index (χ0n) is 28.8. The Balaban J connectivity index is 0.000000460. The molecular formula is C34H50Br2N2O8. The maximum absolute atomic E-state index is 12.3. The predicted octanol–water partition coefficient (Wildman–Crippen LogP) is 8.43. The number of aromatic amines is 2. The summed E-state index contributed by atoms with van der Waals surface area (Å²) in [6.45, 7) is 18.4. The molecule has 2 N–H and O–H groups in total. The Labute approximate surface area is 290 Å². The third kappa shape index (κ3) is 13.1. The fourth-order valence-corrected chi connectivity index (χ4v) is 4.92. The Bertz CT molecular complexity index is 1360. The van der Waals surface area contributed by atoms with Crippen LogP contribution in [0.25, 0.3) is 6.08 Å². The van der Waals surface area contributed by atoms with Crippen molar-refractivity contribution in [1.82, 2.24) is 9.97 Å². The van der Waals surface area contributed by atoms with Crippen molar-refractivity contribution >= 4 is 61.8 Å². The number of carbonyl (C=O) groups is 4. The van der Waals surface area contributed by atoms with E-state index in [0.29, 0.717) is 46.7 Å². The van der Waals surface area contributed by atoms with Gasteiger partial charge in [-0.15, -0.1) is 0 Å². The number of aryl methyl sites for hydroxylation is 1. The molecule has 0 aliphatic carbocycles. The van der Waals surface area contributed by atoms with E-state index in [-0.39, 0.29) is 12.3 Å². The molecule has 0 radical (unpaired) electrons. The number of aromatic nitrogens is 2. The van der Waals surface area contributed by atoms with Gasteiger partial charge in [0.25, 0.3) is 0 Å². The second kappa shape index (κ2) is 19.1. The van der Waals surface area contributed by atoms with Crippen molar-refractivity contribution in [1.29, 1.82) is 0 Å². The summed E-state index contributed by atoms with van der Waals surface area (Å²) in [5.41, 5.74) is 2.67. The summed E-state index contributed by atoms with van der Waals surface area (Å²) in [5, 5.41) is 1.72. The van der Waals surface area contributed by atoms with Gasteiger partial charge in [-0.1, -0.05) is 37.9 Å². The number of ether oxygens (including phenoxy) is 4. The van der Waals surface area contributed by atoms with Gasteiger partial charge in [0.15, 0.2) is 0 Å². The summed E-state index contributed by atoms with van der Waals surface area (Å²) in [7, 11) is 0. The van der Waals surface area contributed by atoms with E-state index in [4.69, 9.17) is 18.9 Å². The zero-order valence-corrected chi connectivity index (χ0v) is 32.0. The molecule has 2 heterocycles. The molecule has 0 amide bonds. The van der Waals surface area contributed by atoms with Crippen molar-refractivity contribution in [2.75, 3.05) is 23.9 Å². The van der Waals surface area contributed by atoms with Crippen LogP contribution in [0.2, 0.25) is 0 Å². The summed E-state index contributed by atoms with van der Waals surface area (Å²) >= 11 is 6.74. The lowest BCUT2D eigenvalue weighted by Crippen LogP contribution is -2.24. The Morgan fingerprint density at radius 2 is 1.17 bits per heavy atom. The van der Waals surface area contributed by atoms with Gasteiger partial charge in [0.1, 0.15) is 22.6 Å². The summed E-state index contributed by atoms with van der Waals surface area (Å²) in [6, 6.07) is 0. The van der Waals surface area contributed by atoms with Gasteiger partial charge >= 0.3 is 23.9 Å². The van der Waals surface area contributed by atoms with Gasteiger partial charge < -0.3 is 28.9 Å². The minimum absolute atomic E-state index is 0.274. The first-order valence-electron chi connectivity index (χ1n) is 15.5. The zero-order chi connectivity index (χ0) is 35.2. The van der Waals surface area contributed by atoms with Gasteiger partial charge in [-0.3, -0.25) is 0 Å². The molecule has 0 spiro atoms. The first kappa shape index (κ1) is 41.2. The number of rotatable bonds is 13. The molecule has 0 unspecified atom stereocenters. The second-order valence-electron chi connectivity index (χ2n) is 12.4. The quantitative estimate of drug-likeness (QED) is 0.0896. The highest BCUT2D eigenvalue weighted by Crippen LogP contribution is 2.25. The van der Waals surface area contributed by atoms with Gasteiger partial charge in [0, 0.05) is 16.4 Å². The van der Waals surface area contributed by atoms with E-state index in [1.165, 1.54) is 0 Å². The Kier molecular flexibility index (Phi) is 17.1. The van der Waals surface area contributed by atoms with Crippen LogP contribution in [0.5, 0.6) is 0 Å². The molecule has 0 aliphatic rings. The SMILES string of the molecule is CCOC(=O)c1c(C=CCCBr)[nH]c(C(=O)OC(C)(C)C)c1C.CCOC(=O)c1c(CCCCBr)[nH]c(C(=O)OC(C)(C)C)c1C. The average molecular weight is 775 g/mol. The van der Waals surface area contributed by atoms with Crippen LogP contribution < -0.4 is 0 Å². The Hall–Kier alpha value is -2.86. The second-order valence-corrected chi connectivity index (χ2v) is 13.9. The largest absolute Gasteiger partial charge is 0.462 e. The van der Waals surface area contributed by atoms with E-state index in [1.807, 2.05) is 26.8 Å². The highest BCUT2D eigenvalue weighted by molar-refractivity contribution is 9.09. The Morgan fingerprint density at radius 3 is 1.63 bits per heavy atom. The van der Waals surface area contributed by atoms with Crippen molar-refractivity contribution in [3.05, 3.63) is 51.1 Å². The number of unbranched alkanes of at least 4 members (excludes halogenated alkanes) is 1. The van der Waals surface area contributed by atoms with Crippen LogP contribution in [-0.4, -0.2) is 68.9 Å². The molecular weight excluding hydrogens is 724 g/mol. The molecule has 12 heteroatoms. The van der Waals surface area contributed by atoms with Crippen LogP contribution in [0, 0.1) is 13.8 Å². The molecule has 258 valence electrons.